The SMILES string of the molecule is Clc1ccccc1.c1cc[nH]c1.c1ccncc1. The fraction of sp³-hybridized carbons (Fsp3) is 0. The topological polar surface area (TPSA) is 28.7 Å². The van der Waals surface area contributed by atoms with Crippen molar-refractivity contribution in [2.75, 3.05) is 0 Å². The van der Waals surface area contributed by atoms with E-state index in [-0.39, 0.29) is 0 Å². The predicted octanol–water partition coefficient (Wildman–Crippen LogP) is 4.44. The molecule has 0 aliphatic carbocycles. The van der Waals surface area contributed by atoms with Crippen LogP contribution in [0.5, 0.6) is 0 Å². The van der Waals surface area contributed by atoms with Crippen LogP contribution in [0.2, 0.25) is 5.02 Å². The number of rotatable bonds is 0. The minimum absolute atomic E-state index is 0.794. The second-order valence-electron chi connectivity index (χ2n) is 3.21. The maximum atomic E-state index is 5.54. The molecular weight excluding hydrogens is 244 g/mol. The molecular formula is C15H15ClN2. The van der Waals surface area contributed by atoms with Gasteiger partial charge in [-0.3, -0.25) is 4.98 Å². The highest BCUT2D eigenvalue weighted by Gasteiger charge is 1.74. The molecule has 3 heteroatoms. The van der Waals surface area contributed by atoms with Gasteiger partial charge in [0.2, 0.25) is 0 Å². The number of H-pyrrole nitrogens is 1. The van der Waals surface area contributed by atoms with E-state index in [0.717, 1.165) is 5.02 Å². The van der Waals surface area contributed by atoms with Crippen LogP contribution in [0.15, 0.2) is 85.5 Å². The Hall–Kier alpha value is -2.06. The first kappa shape index (κ1) is 14.0. The number of hydrogen-bond acceptors (Lipinski definition) is 1. The number of hydrogen-bond donors (Lipinski definition) is 1. The van der Waals surface area contributed by atoms with E-state index in [2.05, 4.69) is 9.97 Å². The van der Waals surface area contributed by atoms with Crippen LogP contribution in [0, 0.1) is 0 Å². The molecule has 0 aliphatic rings. The zero-order valence-corrected chi connectivity index (χ0v) is 10.7. The minimum atomic E-state index is 0.794. The van der Waals surface area contributed by atoms with Gasteiger partial charge >= 0.3 is 0 Å². The van der Waals surface area contributed by atoms with Crippen LogP contribution < -0.4 is 0 Å². The summed E-state index contributed by atoms with van der Waals surface area (Å²) in [5, 5.41) is 0.794. The highest BCUT2D eigenvalue weighted by atomic mass is 35.5. The van der Waals surface area contributed by atoms with Gasteiger partial charge in [0.25, 0.3) is 0 Å². The zero-order chi connectivity index (χ0) is 12.9. The van der Waals surface area contributed by atoms with E-state index in [1.54, 1.807) is 12.4 Å². The second-order valence-corrected chi connectivity index (χ2v) is 3.64. The maximum Gasteiger partial charge on any atom is 0.0405 e. The van der Waals surface area contributed by atoms with Gasteiger partial charge in [0, 0.05) is 29.8 Å². The molecule has 0 saturated heterocycles. The number of nitrogens with zero attached hydrogens (tertiary/aromatic N) is 1. The van der Waals surface area contributed by atoms with Crippen LogP contribution in [0.1, 0.15) is 0 Å². The Balaban J connectivity index is 0.000000137. The fourth-order valence-electron chi connectivity index (χ4n) is 1.01. The number of aromatic amines is 1. The van der Waals surface area contributed by atoms with Gasteiger partial charge in [0.1, 0.15) is 0 Å². The van der Waals surface area contributed by atoms with Crippen LogP contribution in [-0.4, -0.2) is 9.97 Å². The minimum Gasteiger partial charge on any atom is -0.368 e. The number of nitrogens with one attached hydrogen (secondary N) is 1. The van der Waals surface area contributed by atoms with Crippen molar-refractivity contribution in [1.82, 2.24) is 9.97 Å². The van der Waals surface area contributed by atoms with Crippen LogP contribution >= 0.6 is 11.6 Å². The molecule has 3 aromatic rings. The van der Waals surface area contributed by atoms with Crippen LogP contribution in [0.25, 0.3) is 0 Å². The second kappa shape index (κ2) is 10.1. The van der Waals surface area contributed by atoms with Crippen molar-refractivity contribution in [3.05, 3.63) is 90.5 Å². The zero-order valence-electron chi connectivity index (χ0n) is 9.91. The lowest BCUT2D eigenvalue weighted by Gasteiger charge is -1.80. The van der Waals surface area contributed by atoms with E-state index in [9.17, 15) is 0 Å². The third-order valence-corrected chi connectivity index (χ3v) is 2.05. The van der Waals surface area contributed by atoms with Gasteiger partial charge in [-0.15, -0.1) is 0 Å². The molecule has 0 aliphatic heterocycles. The van der Waals surface area contributed by atoms with Gasteiger partial charge in [-0.1, -0.05) is 35.9 Å². The molecule has 92 valence electrons. The molecule has 1 N–H and O–H groups in total. The Labute approximate surface area is 112 Å². The van der Waals surface area contributed by atoms with Crippen molar-refractivity contribution < 1.29 is 0 Å². The van der Waals surface area contributed by atoms with E-state index in [0.29, 0.717) is 0 Å². The highest BCUT2D eigenvalue weighted by Crippen LogP contribution is 2.03. The van der Waals surface area contributed by atoms with Crippen LogP contribution in [-0.2, 0) is 0 Å². The number of pyridine rings is 1. The highest BCUT2D eigenvalue weighted by molar-refractivity contribution is 6.30. The van der Waals surface area contributed by atoms with Gasteiger partial charge in [0.05, 0.1) is 0 Å². The molecule has 2 aromatic heterocycles. The molecule has 0 bridgehead atoms. The van der Waals surface area contributed by atoms with Gasteiger partial charge in [-0.2, -0.15) is 0 Å². The Bertz CT molecular complexity index is 422. The molecule has 0 spiro atoms. The van der Waals surface area contributed by atoms with Crippen molar-refractivity contribution in [1.29, 1.82) is 0 Å². The standard InChI is InChI=1S/C6H5Cl.C5H5N.C4H5N/c7-6-4-2-1-3-5-6;1-2-4-6-5-3-1;1-2-4-5-3-1/h1-5H;1-5H;1-5H. The van der Waals surface area contributed by atoms with E-state index in [4.69, 9.17) is 11.6 Å². The normalized spacial score (nSPS) is 8.28. The Kier molecular flexibility index (Phi) is 7.87. The molecule has 0 fully saturated rings. The first-order valence-electron chi connectivity index (χ1n) is 5.53. The Morgan fingerprint density at radius 2 is 1.28 bits per heavy atom. The van der Waals surface area contributed by atoms with Crippen molar-refractivity contribution in [2.24, 2.45) is 0 Å². The number of benzene rings is 1. The van der Waals surface area contributed by atoms with E-state index in [1.807, 2.05) is 73.1 Å². The molecule has 0 saturated carbocycles. The predicted molar refractivity (Wildman–Crippen MR) is 76.5 cm³/mol. The summed E-state index contributed by atoms with van der Waals surface area (Å²) in [6.45, 7) is 0. The van der Waals surface area contributed by atoms with Gasteiger partial charge in [0.15, 0.2) is 0 Å². The van der Waals surface area contributed by atoms with E-state index in [1.165, 1.54) is 0 Å². The van der Waals surface area contributed by atoms with Crippen LogP contribution in [0.3, 0.4) is 0 Å². The fourth-order valence-corrected chi connectivity index (χ4v) is 1.15. The number of aromatic nitrogens is 2. The van der Waals surface area contributed by atoms with Crippen molar-refractivity contribution >= 4 is 11.6 Å². The van der Waals surface area contributed by atoms with Gasteiger partial charge in [-0.25, -0.2) is 0 Å². The van der Waals surface area contributed by atoms with Crippen molar-refractivity contribution in [2.45, 2.75) is 0 Å². The lowest BCUT2D eigenvalue weighted by molar-refractivity contribution is 1.33. The summed E-state index contributed by atoms with van der Waals surface area (Å²) in [4.78, 5) is 6.65. The molecule has 2 heterocycles. The number of halogens is 1. The molecule has 0 radical (unpaired) electrons. The summed E-state index contributed by atoms with van der Waals surface area (Å²) in [6.07, 6.45) is 7.25. The summed E-state index contributed by atoms with van der Waals surface area (Å²) in [6, 6.07) is 19.0. The van der Waals surface area contributed by atoms with Gasteiger partial charge in [-0.05, 0) is 36.4 Å². The Morgan fingerprint density at radius 1 is 0.722 bits per heavy atom. The smallest absolute Gasteiger partial charge is 0.0405 e. The monoisotopic (exact) mass is 258 g/mol. The molecule has 3 rings (SSSR count). The summed E-state index contributed by atoms with van der Waals surface area (Å²) in [5.41, 5.74) is 0. The molecule has 18 heavy (non-hydrogen) atoms. The third kappa shape index (κ3) is 8.13. The maximum absolute atomic E-state index is 5.54. The summed E-state index contributed by atoms with van der Waals surface area (Å²) >= 11 is 5.54. The molecule has 0 atom stereocenters. The summed E-state index contributed by atoms with van der Waals surface area (Å²) < 4.78 is 0. The van der Waals surface area contributed by atoms with Crippen molar-refractivity contribution in [3.63, 3.8) is 0 Å². The first-order valence-corrected chi connectivity index (χ1v) is 5.90. The summed E-state index contributed by atoms with van der Waals surface area (Å²) in [5.74, 6) is 0. The van der Waals surface area contributed by atoms with Gasteiger partial charge < -0.3 is 4.98 Å². The Morgan fingerprint density at radius 3 is 1.50 bits per heavy atom. The molecule has 2 nitrogen and oxygen atoms in total. The van der Waals surface area contributed by atoms with E-state index >= 15 is 0 Å². The average molecular weight is 259 g/mol. The third-order valence-electron chi connectivity index (χ3n) is 1.80. The lowest BCUT2D eigenvalue weighted by Crippen LogP contribution is -1.58. The van der Waals surface area contributed by atoms with E-state index < -0.39 is 0 Å². The largest absolute Gasteiger partial charge is 0.368 e. The molecule has 0 amide bonds. The molecule has 0 unspecified atom stereocenters. The first-order chi connectivity index (χ1) is 8.89. The summed E-state index contributed by atoms with van der Waals surface area (Å²) in [7, 11) is 0. The van der Waals surface area contributed by atoms with Crippen LogP contribution in [0.4, 0.5) is 0 Å². The lowest BCUT2D eigenvalue weighted by atomic mass is 10.4. The quantitative estimate of drug-likeness (QED) is 0.635. The molecule has 1 aromatic carbocycles. The van der Waals surface area contributed by atoms with Crippen molar-refractivity contribution in [3.8, 4) is 0 Å². The average Bonchev–Trinajstić information content (AvgIpc) is 3.01.